The third-order valence-electron chi connectivity index (χ3n) is 0. The minimum atomic E-state index is -1.92. The Morgan fingerprint density at radius 3 is 0.857 bits per heavy atom. The van der Waals surface area contributed by atoms with Crippen molar-refractivity contribution in [2.45, 2.75) is 0 Å². The molecule has 0 N–H and O–H groups in total. The van der Waals surface area contributed by atoms with E-state index >= 15 is 0 Å². The zero-order valence-electron chi connectivity index (χ0n) is 2.60. The first kappa shape index (κ1) is 16.2. The van der Waals surface area contributed by atoms with E-state index in [-0.39, 0.29) is 33.3 Å². The van der Waals surface area contributed by atoms with E-state index in [9.17, 15) is 0 Å². The van der Waals surface area contributed by atoms with Gasteiger partial charge in [0.05, 0.1) is 0 Å². The summed E-state index contributed by atoms with van der Waals surface area (Å²) in [6.45, 7) is 0. The maximum atomic E-state index is 4.36. The van der Waals surface area contributed by atoms with Crippen LogP contribution in [0.5, 0.6) is 0 Å². The second-order valence-corrected chi connectivity index (χ2v) is 11.7. The van der Waals surface area contributed by atoms with Crippen LogP contribution in [0.2, 0.25) is 0 Å². The number of hydrogen-bond donors (Lipinski definition) is 0. The van der Waals surface area contributed by atoms with Gasteiger partial charge < -0.3 is 0 Å². The Balaban J connectivity index is -0.0000000800. The van der Waals surface area contributed by atoms with E-state index in [0.29, 0.717) is 0 Å². The molecule has 0 aliphatic carbocycles. The second kappa shape index (κ2) is 6.49. The van der Waals surface area contributed by atoms with Crippen molar-refractivity contribution in [3.8, 4) is 0 Å². The first-order valence-electron chi connectivity index (χ1n) is 0.516. The molecule has 0 aromatic carbocycles. The summed E-state index contributed by atoms with van der Waals surface area (Å²) in [7, 11) is 17.5. The molecular weight excluding hydrogens is 305 g/mol. The van der Waals surface area contributed by atoms with Crippen molar-refractivity contribution in [1.29, 1.82) is 0 Å². The van der Waals surface area contributed by atoms with Crippen LogP contribution in [-0.2, 0) is 39.3 Å². The fourth-order valence-electron chi connectivity index (χ4n) is 0. The maximum absolute atomic E-state index is 4.36. The summed E-state index contributed by atoms with van der Waals surface area (Å²) in [6, 6.07) is 0. The zero-order valence-corrected chi connectivity index (χ0v) is 8.88. The quantitative estimate of drug-likeness (QED) is 0.631. The van der Waals surface area contributed by atoms with Gasteiger partial charge in [0.1, 0.15) is 0 Å². The Morgan fingerprint density at radius 1 is 0.857 bits per heavy atom. The standard InChI is InChI=1S/Co.2Ni.4S. The van der Waals surface area contributed by atoms with Gasteiger partial charge in [-0.05, 0) is 0 Å². The van der Waals surface area contributed by atoms with Gasteiger partial charge in [-0.15, -0.1) is 0 Å². The monoisotopic (exact) mass is 303 g/mol. The second-order valence-electron chi connectivity index (χ2n) is 0.316. The predicted molar refractivity (Wildman–Crippen MR) is 30.4 cm³/mol. The predicted octanol–water partition coefficient (Wildman–Crippen LogP) is 2.59. The van der Waals surface area contributed by atoms with Crippen LogP contribution in [0.15, 0.2) is 0 Å². The molecule has 7 heteroatoms. The van der Waals surface area contributed by atoms with Gasteiger partial charge in [0, 0.05) is 33.3 Å². The Bertz CT molecular complexity index is 161. The average Bonchev–Trinajstić information content (AvgIpc) is 0.722. The molecule has 0 heterocycles. The molecule has 0 nitrogen and oxygen atoms in total. The van der Waals surface area contributed by atoms with Crippen LogP contribution < -0.4 is 0 Å². The SMILES string of the molecule is [Co].[Ni].[S]=[Ni](=[S])(=[S])=[S]. The summed E-state index contributed by atoms with van der Waals surface area (Å²) in [5.74, 6) is -1.92. The van der Waals surface area contributed by atoms with Gasteiger partial charge in [-0.1, -0.05) is 0 Å². The normalized spacial score (nSPS) is 10.3. The molecule has 7 heavy (non-hydrogen) atoms. The van der Waals surface area contributed by atoms with Gasteiger partial charge in [0.2, 0.25) is 0 Å². The molecule has 0 aliphatic heterocycles. The zero-order chi connectivity index (χ0) is 4.50. The Labute approximate surface area is 80.7 Å². The van der Waals surface area contributed by atoms with E-state index in [1.807, 2.05) is 0 Å². The fourth-order valence-corrected chi connectivity index (χ4v) is 0. The molecule has 0 aromatic heterocycles. The van der Waals surface area contributed by atoms with Crippen molar-refractivity contribution in [3.63, 3.8) is 0 Å². The Hall–Kier alpha value is 2.37. The first-order valence-corrected chi connectivity index (χ1v) is 6.39. The summed E-state index contributed by atoms with van der Waals surface area (Å²) in [5.41, 5.74) is 0. The van der Waals surface area contributed by atoms with Crippen LogP contribution in [0.3, 0.4) is 0 Å². The molecule has 0 unspecified atom stereocenters. The Kier molecular flexibility index (Phi) is 15.0. The minimum absolute atomic E-state index is 0. The van der Waals surface area contributed by atoms with Crippen LogP contribution >= 0.6 is 42.6 Å². The van der Waals surface area contributed by atoms with Gasteiger partial charge in [-0.3, -0.25) is 0 Å². The number of hydrogen-bond acceptors (Lipinski definition) is 4. The molecule has 0 aromatic rings. The summed E-state index contributed by atoms with van der Waals surface area (Å²) < 4.78 is 0. The molecule has 1 radical (unpaired) electrons. The molecule has 0 spiro atoms. The van der Waals surface area contributed by atoms with Crippen LogP contribution in [-0.4, -0.2) is 0 Å². The van der Waals surface area contributed by atoms with Crippen molar-refractivity contribution in [2.24, 2.45) is 0 Å². The van der Waals surface area contributed by atoms with Crippen LogP contribution in [0.25, 0.3) is 0 Å². The molecule has 53 valence electrons. The van der Waals surface area contributed by atoms with Gasteiger partial charge in [-0.2, -0.15) is 0 Å². The molecule has 0 saturated carbocycles. The van der Waals surface area contributed by atoms with Crippen molar-refractivity contribution in [1.82, 2.24) is 0 Å². The van der Waals surface area contributed by atoms with Gasteiger partial charge >= 0.3 is 48.6 Å². The molecule has 0 amide bonds. The Morgan fingerprint density at radius 2 is 0.857 bits per heavy atom. The molecule has 0 bridgehead atoms. The first-order chi connectivity index (χ1) is 2.00. The van der Waals surface area contributed by atoms with Crippen molar-refractivity contribution in [2.75, 3.05) is 0 Å². The summed E-state index contributed by atoms with van der Waals surface area (Å²) in [6.07, 6.45) is 0. The van der Waals surface area contributed by atoms with E-state index in [2.05, 4.69) is 42.6 Å². The van der Waals surface area contributed by atoms with Gasteiger partial charge in [0.25, 0.3) is 0 Å². The summed E-state index contributed by atoms with van der Waals surface area (Å²) >= 11 is 0. The van der Waals surface area contributed by atoms with E-state index in [0.717, 1.165) is 0 Å². The van der Waals surface area contributed by atoms with Crippen LogP contribution in [0.1, 0.15) is 0 Å². The molecule has 0 fully saturated rings. The molecular formula is CoNi2S4. The molecule has 0 saturated heterocycles. The summed E-state index contributed by atoms with van der Waals surface area (Å²) in [4.78, 5) is 0. The van der Waals surface area contributed by atoms with E-state index in [4.69, 9.17) is 0 Å². The van der Waals surface area contributed by atoms with Crippen molar-refractivity contribution < 1.29 is 39.3 Å². The van der Waals surface area contributed by atoms with E-state index < -0.39 is 5.98 Å². The fraction of sp³-hybridized carbons (Fsp3) is 0. The van der Waals surface area contributed by atoms with Crippen LogP contribution in [0.4, 0.5) is 0 Å². The van der Waals surface area contributed by atoms with Gasteiger partial charge in [0.15, 0.2) is 0 Å². The van der Waals surface area contributed by atoms with E-state index in [1.165, 1.54) is 0 Å². The van der Waals surface area contributed by atoms with Gasteiger partial charge in [-0.25, -0.2) is 0 Å². The summed E-state index contributed by atoms with van der Waals surface area (Å²) in [5, 5.41) is 0. The number of rotatable bonds is 0. The molecule has 0 aliphatic rings. The molecule has 0 atom stereocenters. The van der Waals surface area contributed by atoms with Crippen molar-refractivity contribution in [3.05, 3.63) is 0 Å². The average molecular weight is 305 g/mol. The topological polar surface area (TPSA) is 0 Å². The third-order valence-corrected chi connectivity index (χ3v) is 0. The molecule has 0 rings (SSSR count). The van der Waals surface area contributed by atoms with Crippen molar-refractivity contribution >= 4 is 42.6 Å². The van der Waals surface area contributed by atoms with Crippen LogP contribution in [0, 0.1) is 0 Å². The van der Waals surface area contributed by atoms with E-state index in [1.54, 1.807) is 0 Å². The third kappa shape index (κ3) is 60.4.